The van der Waals surface area contributed by atoms with Gasteiger partial charge in [0.05, 0.1) is 11.9 Å². The Morgan fingerprint density at radius 3 is 2.85 bits per heavy atom. The molecule has 1 aliphatic heterocycles. The number of hydrogen-bond donors (Lipinski definition) is 1. The van der Waals surface area contributed by atoms with E-state index in [1.165, 1.54) is 24.8 Å². The Bertz CT molecular complexity index is 779. The molecule has 2 saturated carbocycles. The van der Waals surface area contributed by atoms with Gasteiger partial charge in [0.2, 0.25) is 0 Å². The monoisotopic (exact) mass is 367 g/mol. The minimum atomic E-state index is -0.227. The summed E-state index contributed by atoms with van der Waals surface area (Å²) < 4.78 is 5.81. The summed E-state index contributed by atoms with van der Waals surface area (Å²) in [5.74, 6) is 2.00. The van der Waals surface area contributed by atoms with Gasteiger partial charge in [-0.05, 0) is 67.3 Å². The number of rotatable bonds is 1. The summed E-state index contributed by atoms with van der Waals surface area (Å²) >= 11 is 0. The topological polar surface area (TPSA) is 64.1 Å². The Hall–Kier alpha value is -1.91. The van der Waals surface area contributed by atoms with Gasteiger partial charge in [-0.25, -0.2) is 4.79 Å². The zero-order chi connectivity index (χ0) is 18.6. The first-order chi connectivity index (χ1) is 13.0. The Morgan fingerprint density at radius 1 is 1.15 bits per heavy atom. The normalized spacial score (nSPS) is 43.3. The van der Waals surface area contributed by atoms with Crippen molar-refractivity contribution >= 4 is 11.7 Å². The van der Waals surface area contributed by atoms with Crippen molar-refractivity contribution in [3.63, 3.8) is 0 Å². The summed E-state index contributed by atoms with van der Waals surface area (Å²) in [5, 5.41) is 2.92. The van der Waals surface area contributed by atoms with Crippen LogP contribution in [0.3, 0.4) is 0 Å². The fourth-order valence-corrected chi connectivity index (χ4v) is 6.97. The molecule has 3 fully saturated rings. The number of nitrogens with zero attached hydrogens (tertiary/aromatic N) is 2. The van der Waals surface area contributed by atoms with Gasteiger partial charge in [-0.3, -0.25) is 9.97 Å². The molecule has 3 aliphatic carbocycles. The number of amides is 1. The van der Waals surface area contributed by atoms with Crippen molar-refractivity contribution in [3.05, 3.63) is 30.4 Å². The zero-order valence-electron chi connectivity index (χ0n) is 16.3. The van der Waals surface area contributed by atoms with Crippen LogP contribution in [0.4, 0.5) is 4.79 Å². The number of hydrogen-bond acceptors (Lipinski definition) is 4. The van der Waals surface area contributed by atoms with Crippen LogP contribution in [-0.4, -0.2) is 28.7 Å². The fourth-order valence-electron chi connectivity index (χ4n) is 6.97. The molecule has 27 heavy (non-hydrogen) atoms. The smallest absolute Gasteiger partial charge is 0.407 e. The minimum absolute atomic E-state index is 0.0689. The number of aromatic nitrogens is 2. The van der Waals surface area contributed by atoms with Gasteiger partial charge in [-0.2, -0.15) is 0 Å². The van der Waals surface area contributed by atoms with Gasteiger partial charge in [-0.15, -0.1) is 0 Å². The highest BCUT2D eigenvalue weighted by Gasteiger charge is 2.59. The van der Waals surface area contributed by atoms with E-state index in [2.05, 4.69) is 35.2 Å². The summed E-state index contributed by atoms with van der Waals surface area (Å²) in [6.45, 7) is 5.56. The summed E-state index contributed by atoms with van der Waals surface area (Å²) in [6, 6.07) is 0. The van der Waals surface area contributed by atoms with E-state index in [0.717, 1.165) is 31.5 Å². The van der Waals surface area contributed by atoms with Gasteiger partial charge in [-0.1, -0.05) is 19.9 Å². The summed E-state index contributed by atoms with van der Waals surface area (Å²) in [5.41, 5.74) is 2.74. The first kappa shape index (κ1) is 17.2. The number of carbonyl (C=O) groups is 1. The van der Waals surface area contributed by atoms with E-state index in [-0.39, 0.29) is 23.0 Å². The average Bonchev–Trinajstić information content (AvgIpc) is 2.93. The Morgan fingerprint density at radius 2 is 2.04 bits per heavy atom. The molecule has 4 aliphatic rings. The summed E-state index contributed by atoms with van der Waals surface area (Å²) in [7, 11) is 0. The molecular weight excluding hydrogens is 338 g/mol. The molecular formula is C22H29N3O2. The number of nitrogens with one attached hydrogen (secondary N) is 1. The van der Waals surface area contributed by atoms with Crippen LogP contribution in [0, 0.1) is 28.6 Å². The molecule has 5 rings (SSSR count). The molecule has 1 aromatic heterocycles. The first-order valence-corrected chi connectivity index (χ1v) is 10.4. The molecule has 1 saturated heterocycles. The standard InChI is InChI=1S/C22H29N3O2/c1-21-8-7-16-14(3-6-19-22(16,2)9-10-25-20(26)27-19)15(21)4-5-17(21)18-13-23-11-12-24-18/h5,11-16,19H,3-4,6-10H2,1-2H3,(H,25,26)/t14?,15-,16-,19?,21?,22+/m0/s1. The third kappa shape index (κ3) is 2.46. The number of fused-ring (bicyclic) bond motifs is 5. The van der Waals surface area contributed by atoms with E-state index in [4.69, 9.17) is 4.74 Å². The van der Waals surface area contributed by atoms with Crippen molar-refractivity contribution in [2.24, 2.45) is 28.6 Å². The highest BCUT2D eigenvalue weighted by molar-refractivity contribution is 5.70. The van der Waals surface area contributed by atoms with Gasteiger partial charge in [0.25, 0.3) is 0 Å². The van der Waals surface area contributed by atoms with Gasteiger partial charge < -0.3 is 10.1 Å². The van der Waals surface area contributed by atoms with Crippen LogP contribution in [0.15, 0.2) is 24.7 Å². The SMILES string of the molecule is CC12CC[C@H]3C(CCC4OC(=O)NCC[C@@]43C)[C@@H]1CC=C2c1cnccn1. The van der Waals surface area contributed by atoms with Crippen molar-refractivity contribution < 1.29 is 9.53 Å². The van der Waals surface area contributed by atoms with Crippen molar-refractivity contribution in [1.82, 2.24) is 15.3 Å². The molecule has 2 heterocycles. The van der Waals surface area contributed by atoms with Crippen LogP contribution in [0.2, 0.25) is 0 Å². The highest BCUT2D eigenvalue weighted by Crippen LogP contribution is 2.65. The zero-order valence-corrected chi connectivity index (χ0v) is 16.3. The van der Waals surface area contributed by atoms with Crippen LogP contribution in [-0.2, 0) is 4.74 Å². The number of alkyl carbamates (subject to hydrolysis) is 1. The van der Waals surface area contributed by atoms with Crippen LogP contribution >= 0.6 is 0 Å². The maximum atomic E-state index is 11.9. The number of carbonyl (C=O) groups excluding carboxylic acids is 1. The second kappa shape index (κ2) is 6.05. The van der Waals surface area contributed by atoms with E-state index in [0.29, 0.717) is 17.8 Å². The van der Waals surface area contributed by atoms with Crippen molar-refractivity contribution in [2.75, 3.05) is 6.54 Å². The van der Waals surface area contributed by atoms with E-state index >= 15 is 0 Å². The second-order valence-corrected chi connectivity index (χ2v) is 9.43. The van der Waals surface area contributed by atoms with Crippen LogP contribution in [0.1, 0.15) is 58.1 Å². The lowest BCUT2D eigenvalue weighted by Gasteiger charge is -2.57. The van der Waals surface area contributed by atoms with Crippen molar-refractivity contribution in [2.45, 2.75) is 58.5 Å². The van der Waals surface area contributed by atoms with E-state index in [1.54, 1.807) is 12.4 Å². The van der Waals surface area contributed by atoms with Gasteiger partial charge in [0.1, 0.15) is 6.10 Å². The van der Waals surface area contributed by atoms with Crippen molar-refractivity contribution in [1.29, 1.82) is 0 Å². The van der Waals surface area contributed by atoms with Gasteiger partial charge >= 0.3 is 6.09 Å². The molecule has 3 unspecified atom stereocenters. The van der Waals surface area contributed by atoms with Gasteiger partial charge in [0.15, 0.2) is 0 Å². The van der Waals surface area contributed by atoms with E-state index in [1.807, 2.05) is 6.20 Å². The Balaban J connectivity index is 1.45. The molecule has 144 valence electrons. The van der Waals surface area contributed by atoms with E-state index in [9.17, 15) is 4.79 Å². The Labute approximate surface area is 161 Å². The quantitative estimate of drug-likeness (QED) is 0.807. The third-order valence-corrected chi connectivity index (χ3v) is 8.38. The minimum Gasteiger partial charge on any atom is -0.446 e. The predicted molar refractivity (Wildman–Crippen MR) is 103 cm³/mol. The molecule has 5 nitrogen and oxygen atoms in total. The highest BCUT2D eigenvalue weighted by atomic mass is 16.6. The summed E-state index contributed by atoms with van der Waals surface area (Å²) in [6.07, 6.45) is 14.5. The lowest BCUT2D eigenvalue weighted by Crippen LogP contribution is -2.54. The second-order valence-electron chi connectivity index (χ2n) is 9.43. The molecule has 0 spiro atoms. The van der Waals surface area contributed by atoms with Crippen LogP contribution < -0.4 is 5.32 Å². The lowest BCUT2D eigenvalue weighted by atomic mass is 9.48. The average molecular weight is 367 g/mol. The number of allylic oxidation sites excluding steroid dienone is 2. The third-order valence-electron chi connectivity index (χ3n) is 8.38. The number of ether oxygens (including phenoxy) is 1. The fraction of sp³-hybridized carbons (Fsp3) is 0.682. The molecule has 0 bridgehead atoms. The van der Waals surface area contributed by atoms with Crippen LogP contribution in [0.25, 0.3) is 5.57 Å². The van der Waals surface area contributed by atoms with Crippen LogP contribution in [0.5, 0.6) is 0 Å². The molecule has 0 aromatic carbocycles. The maximum absolute atomic E-state index is 11.9. The molecule has 5 heteroatoms. The molecule has 1 amide bonds. The van der Waals surface area contributed by atoms with E-state index < -0.39 is 0 Å². The lowest BCUT2D eigenvalue weighted by molar-refractivity contribution is -0.113. The molecule has 6 atom stereocenters. The first-order valence-electron chi connectivity index (χ1n) is 10.4. The summed E-state index contributed by atoms with van der Waals surface area (Å²) in [4.78, 5) is 20.8. The molecule has 1 aromatic rings. The molecule has 1 N–H and O–H groups in total. The maximum Gasteiger partial charge on any atom is 0.407 e. The molecule has 0 radical (unpaired) electrons. The predicted octanol–water partition coefficient (Wildman–Crippen LogP) is 4.21. The van der Waals surface area contributed by atoms with Gasteiger partial charge in [0, 0.05) is 24.4 Å². The largest absolute Gasteiger partial charge is 0.446 e. The Kier molecular flexibility index (Phi) is 3.85. The van der Waals surface area contributed by atoms with Crippen molar-refractivity contribution in [3.8, 4) is 0 Å².